The molecule has 1 heteroatoms. The predicted molar refractivity (Wildman–Crippen MR) is 55.9 cm³/mol. The summed E-state index contributed by atoms with van der Waals surface area (Å²) in [4.78, 5) is 4.28. The molecule has 0 aliphatic carbocycles. The first-order valence-corrected chi connectivity index (χ1v) is 4.66. The Bertz CT molecular complexity index is 432. The molecule has 0 aliphatic heterocycles. The summed E-state index contributed by atoms with van der Waals surface area (Å²) in [5.41, 5.74) is 2.52. The SMILES string of the molecule is CCc1cccc2c(C)nccc12. The lowest BCUT2D eigenvalue weighted by molar-refractivity contribution is 1.15. The van der Waals surface area contributed by atoms with E-state index in [0.717, 1.165) is 12.1 Å². The van der Waals surface area contributed by atoms with Gasteiger partial charge in [-0.3, -0.25) is 4.98 Å². The summed E-state index contributed by atoms with van der Waals surface area (Å²) >= 11 is 0. The van der Waals surface area contributed by atoms with Crippen LogP contribution in [0.3, 0.4) is 0 Å². The van der Waals surface area contributed by atoms with E-state index in [1.807, 2.05) is 6.20 Å². The van der Waals surface area contributed by atoms with Crippen molar-refractivity contribution in [2.24, 2.45) is 0 Å². The molecule has 0 saturated carbocycles. The molecule has 0 radical (unpaired) electrons. The molecule has 1 nitrogen and oxygen atoms in total. The fraction of sp³-hybridized carbons (Fsp3) is 0.250. The third-order valence-electron chi connectivity index (χ3n) is 2.48. The number of nitrogens with zero attached hydrogens (tertiary/aromatic N) is 1. The number of hydrogen-bond donors (Lipinski definition) is 0. The molecule has 0 fully saturated rings. The highest BCUT2D eigenvalue weighted by atomic mass is 14.7. The molecule has 0 aliphatic rings. The molecular formula is C12H13N. The van der Waals surface area contributed by atoms with Crippen LogP contribution in [0.5, 0.6) is 0 Å². The third kappa shape index (κ3) is 1.31. The number of pyridine rings is 1. The maximum atomic E-state index is 4.28. The summed E-state index contributed by atoms with van der Waals surface area (Å²) in [5.74, 6) is 0. The van der Waals surface area contributed by atoms with Crippen molar-refractivity contribution in [3.8, 4) is 0 Å². The molecule has 0 saturated heterocycles. The Labute approximate surface area is 78.4 Å². The van der Waals surface area contributed by atoms with Crippen LogP contribution in [0.15, 0.2) is 30.5 Å². The van der Waals surface area contributed by atoms with Crippen LogP contribution in [0.25, 0.3) is 10.8 Å². The zero-order valence-electron chi connectivity index (χ0n) is 8.04. The molecule has 0 atom stereocenters. The Morgan fingerprint density at radius 2 is 2.00 bits per heavy atom. The van der Waals surface area contributed by atoms with Gasteiger partial charge in [-0.2, -0.15) is 0 Å². The lowest BCUT2D eigenvalue weighted by Crippen LogP contribution is -1.87. The Balaban J connectivity index is 2.84. The van der Waals surface area contributed by atoms with Crippen LogP contribution in [-0.4, -0.2) is 4.98 Å². The summed E-state index contributed by atoms with van der Waals surface area (Å²) in [7, 11) is 0. The van der Waals surface area contributed by atoms with E-state index in [1.165, 1.54) is 16.3 Å². The third-order valence-corrected chi connectivity index (χ3v) is 2.48. The summed E-state index contributed by atoms with van der Waals surface area (Å²) in [6, 6.07) is 8.52. The maximum absolute atomic E-state index is 4.28. The first-order chi connectivity index (χ1) is 6.33. The molecule has 0 spiro atoms. The van der Waals surface area contributed by atoms with Gasteiger partial charge in [-0.1, -0.05) is 25.1 Å². The number of benzene rings is 1. The molecule has 0 N–H and O–H groups in total. The van der Waals surface area contributed by atoms with Gasteiger partial charge >= 0.3 is 0 Å². The second-order valence-electron chi connectivity index (χ2n) is 3.26. The fourth-order valence-corrected chi connectivity index (χ4v) is 1.73. The minimum Gasteiger partial charge on any atom is -0.261 e. The average Bonchev–Trinajstić information content (AvgIpc) is 2.18. The van der Waals surface area contributed by atoms with Crippen molar-refractivity contribution in [1.82, 2.24) is 4.98 Å². The number of hydrogen-bond acceptors (Lipinski definition) is 1. The van der Waals surface area contributed by atoms with Gasteiger partial charge in [0.25, 0.3) is 0 Å². The second kappa shape index (κ2) is 3.17. The highest BCUT2D eigenvalue weighted by molar-refractivity contribution is 5.87. The standard InChI is InChI=1S/C12H13N/c1-3-10-5-4-6-11-9(2)13-8-7-12(10)11/h4-8H,3H2,1-2H3. The van der Waals surface area contributed by atoms with Crippen LogP contribution in [0.1, 0.15) is 18.2 Å². The predicted octanol–water partition coefficient (Wildman–Crippen LogP) is 3.11. The molecule has 1 aromatic carbocycles. The van der Waals surface area contributed by atoms with Crippen LogP contribution in [0.2, 0.25) is 0 Å². The molecule has 2 aromatic rings. The van der Waals surface area contributed by atoms with Gasteiger partial charge < -0.3 is 0 Å². The van der Waals surface area contributed by atoms with Crippen LogP contribution < -0.4 is 0 Å². The second-order valence-corrected chi connectivity index (χ2v) is 3.26. The minimum atomic E-state index is 1.08. The van der Waals surface area contributed by atoms with E-state index in [4.69, 9.17) is 0 Å². The van der Waals surface area contributed by atoms with E-state index in [2.05, 4.69) is 43.1 Å². The van der Waals surface area contributed by atoms with Gasteiger partial charge in [0.1, 0.15) is 0 Å². The Morgan fingerprint density at radius 1 is 1.15 bits per heavy atom. The fourth-order valence-electron chi connectivity index (χ4n) is 1.73. The van der Waals surface area contributed by atoms with Crippen molar-refractivity contribution in [2.45, 2.75) is 20.3 Å². The molecule has 2 rings (SSSR count). The molecule has 66 valence electrons. The van der Waals surface area contributed by atoms with Crippen molar-refractivity contribution in [1.29, 1.82) is 0 Å². The quantitative estimate of drug-likeness (QED) is 0.642. The molecule has 1 aromatic heterocycles. The molecule has 1 heterocycles. The van der Waals surface area contributed by atoms with Crippen molar-refractivity contribution in [3.63, 3.8) is 0 Å². The van der Waals surface area contributed by atoms with Crippen molar-refractivity contribution in [2.75, 3.05) is 0 Å². The largest absolute Gasteiger partial charge is 0.261 e. The van der Waals surface area contributed by atoms with Crippen LogP contribution in [-0.2, 0) is 6.42 Å². The number of fused-ring (bicyclic) bond motifs is 1. The van der Waals surface area contributed by atoms with E-state index in [9.17, 15) is 0 Å². The van der Waals surface area contributed by atoms with Gasteiger partial charge in [0, 0.05) is 17.3 Å². The minimum absolute atomic E-state index is 1.08. The summed E-state index contributed by atoms with van der Waals surface area (Å²) in [6.45, 7) is 4.24. The molecule has 0 amide bonds. The summed E-state index contributed by atoms with van der Waals surface area (Å²) in [5, 5.41) is 2.62. The highest BCUT2D eigenvalue weighted by Crippen LogP contribution is 2.20. The van der Waals surface area contributed by atoms with Gasteiger partial charge in [0.05, 0.1) is 0 Å². The zero-order valence-corrected chi connectivity index (χ0v) is 8.04. The molecular weight excluding hydrogens is 158 g/mol. The first kappa shape index (κ1) is 8.24. The number of aryl methyl sites for hydroxylation is 2. The van der Waals surface area contributed by atoms with Crippen molar-refractivity contribution < 1.29 is 0 Å². The first-order valence-electron chi connectivity index (χ1n) is 4.66. The molecule has 13 heavy (non-hydrogen) atoms. The van der Waals surface area contributed by atoms with E-state index >= 15 is 0 Å². The van der Waals surface area contributed by atoms with Crippen molar-refractivity contribution >= 4 is 10.8 Å². The van der Waals surface area contributed by atoms with Gasteiger partial charge in [0.2, 0.25) is 0 Å². The van der Waals surface area contributed by atoms with Crippen LogP contribution in [0.4, 0.5) is 0 Å². The average molecular weight is 171 g/mol. The smallest absolute Gasteiger partial charge is 0.0451 e. The lowest BCUT2D eigenvalue weighted by Gasteiger charge is -2.04. The normalized spacial score (nSPS) is 10.6. The van der Waals surface area contributed by atoms with E-state index in [0.29, 0.717) is 0 Å². The number of rotatable bonds is 1. The topological polar surface area (TPSA) is 12.9 Å². The van der Waals surface area contributed by atoms with Crippen LogP contribution >= 0.6 is 0 Å². The van der Waals surface area contributed by atoms with Gasteiger partial charge in [-0.25, -0.2) is 0 Å². The van der Waals surface area contributed by atoms with Gasteiger partial charge in [0.15, 0.2) is 0 Å². The zero-order chi connectivity index (χ0) is 9.26. The summed E-state index contributed by atoms with van der Waals surface area (Å²) in [6.07, 6.45) is 2.97. The monoisotopic (exact) mass is 171 g/mol. The van der Waals surface area contributed by atoms with E-state index < -0.39 is 0 Å². The molecule has 0 unspecified atom stereocenters. The van der Waals surface area contributed by atoms with Gasteiger partial charge in [-0.05, 0) is 30.4 Å². The summed E-state index contributed by atoms with van der Waals surface area (Å²) < 4.78 is 0. The van der Waals surface area contributed by atoms with Gasteiger partial charge in [-0.15, -0.1) is 0 Å². The van der Waals surface area contributed by atoms with Crippen LogP contribution in [0, 0.1) is 6.92 Å². The van der Waals surface area contributed by atoms with E-state index in [1.54, 1.807) is 0 Å². The lowest BCUT2D eigenvalue weighted by atomic mass is 10.0. The Morgan fingerprint density at radius 3 is 2.77 bits per heavy atom. The number of aromatic nitrogens is 1. The van der Waals surface area contributed by atoms with E-state index in [-0.39, 0.29) is 0 Å². The molecule has 0 bridgehead atoms. The van der Waals surface area contributed by atoms with Crippen molar-refractivity contribution in [3.05, 3.63) is 41.7 Å². The maximum Gasteiger partial charge on any atom is 0.0451 e. The highest BCUT2D eigenvalue weighted by Gasteiger charge is 2.00. The Kier molecular flexibility index (Phi) is 2.01. The Hall–Kier alpha value is -1.37.